The molecule has 2 amide bonds. The topological polar surface area (TPSA) is 101 Å². The van der Waals surface area contributed by atoms with Crippen molar-refractivity contribution in [3.63, 3.8) is 0 Å². The van der Waals surface area contributed by atoms with E-state index in [0.29, 0.717) is 46.8 Å². The number of rotatable bonds is 8. The third-order valence-corrected chi connectivity index (χ3v) is 9.02. The summed E-state index contributed by atoms with van der Waals surface area (Å²) in [6.45, 7) is 3.92. The molecule has 41 heavy (non-hydrogen) atoms. The predicted octanol–water partition coefficient (Wildman–Crippen LogP) is 5.49. The van der Waals surface area contributed by atoms with Gasteiger partial charge in [0.2, 0.25) is 16.4 Å². The number of sulfonamides is 1. The molecule has 4 aromatic rings. The zero-order valence-electron chi connectivity index (χ0n) is 22.5. The van der Waals surface area contributed by atoms with Crippen LogP contribution in [0.25, 0.3) is 16.6 Å². The molecular formula is C29H29Cl3N4O4S. The third kappa shape index (κ3) is 6.71. The number of hydrogen-bond acceptors (Lipinski definition) is 4. The lowest BCUT2D eigenvalue weighted by atomic mass is 10.0. The van der Waals surface area contributed by atoms with Crippen LogP contribution in [0.15, 0.2) is 65.6 Å². The van der Waals surface area contributed by atoms with Crippen LogP contribution in [0.1, 0.15) is 28.5 Å². The van der Waals surface area contributed by atoms with Gasteiger partial charge in [-0.25, -0.2) is 13.1 Å². The van der Waals surface area contributed by atoms with Crippen molar-refractivity contribution in [1.29, 1.82) is 0 Å². The summed E-state index contributed by atoms with van der Waals surface area (Å²) in [5, 5.41) is 5.19. The molecule has 2 heterocycles. The zero-order valence-corrected chi connectivity index (χ0v) is 25.5. The Labute approximate surface area is 254 Å². The first-order chi connectivity index (χ1) is 19.6. The van der Waals surface area contributed by atoms with Gasteiger partial charge in [-0.15, -0.1) is 0 Å². The number of carbonyl (C=O) groups is 2. The third-order valence-electron chi connectivity index (χ3n) is 6.82. The Hall–Kier alpha value is -3.08. The van der Waals surface area contributed by atoms with Crippen LogP contribution < -0.4 is 10.0 Å². The van der Waals surface area contributed by atoms with Gasteiger partial charge >= 0.3 is 0 Å². The first-order valence-electron chi connectivity index (χ1n) is 12.9. The number of nitrogens with zero attached hydrogens (tertiary/aromatic N) is 2. The number of amides is 2. The van der Waals surface area contributed by atoms with E-state index in [1.54, 1.807) is 6.07 Å². The van der Waals surface area contributed by atoms with Crippen molar-refractivity contribution in [1.82, 2.24) is 19.5 Å². The van der Waals surface area contributed by atoms with Crippen LogP contribution in [0.5, 0.6) is 0 Å². The van der Waals surface area contributed by atoms with E-state index in [1.165, 1.54) is 31.3 Å². The largest absolute Gasteiger partial charge is 0.358 e. The van der Waals surface area contributed by atoms with E-state index in [4.69, 9.17) is 34.8 Å². The fraction of sp³-hybridized carbons (Fsp3) is 0.241. The smallest absolute Gasteiger partial charge is 0.271 e. The zero-order chi connectivity index (χ0) is 29.7. The molecule has 1 aromatic heterocycles. The Kier molecular flexibility index (Phi) is 9.99. The molecule has 0 saturated carbocycles. The van der Waals surface area contributed by atoms with E-state index in [9.17, 15) is 18.0 Å². The van der Waals surface area contributed by atoms with Crippen molar-refractivity contribution >= 4 is 68.0 Å². The highest BCUT2D eigenvalue weighted by atomic mass is 35.5. The summed E-state index contributed by atoms with van der Waals surface area (Å²) in [6, 6.07) is 17.6. The van der Waals surface area contributed by atoms with Crippen molar-refractivity contribution < 1.29 is 18.0 Å². The molecule has 216 valence electrons. The quantitative estimate of drug-likeness (QED) is 0.198. The second kappa shape index (κ2) is 13.3. The fourth-order valence-corrected chi connectivity index (χ4v) is 6.22. The van der Waals surface area contributed by atoms with Gasteiger partial charge in [-0.1, -0.05) is 46.9 Å². The summed E-state index contributed by atoms with van der Waals surface area (Å²) in [5.74, 6) is 0.0106. The Morgan fingerprint density at radius 1 is 0.976 bits per heavy atom. The van der Waals surface area contributed by atoms with E-state index >= 15 is 0 Å². The molecule has 0 aliphatic carbocycles. The number of carbonyl (C=O) groups excluding carboxylic acids is 2. The molecule has 2 N–H and O–H groups in total. The lowest BCUT2D eigenvalue weighted by molar-refractivity contribution is -0.109. The second-order valence-corrected chi connectivity index (χ2v) is 12.4. The van der Waals surface area contributed by atoms with Gasteiger partial charge < -0.3 is 14.8 Å². The van der Waals surface area contributed by atoms with Crippen molar-refractivity contribution in [3.8, 4) is 5.69 Å². The molecule has 1 aliphatic heterocycles. The minimum atomic E-state index is -3.32. The van der Waals surface area contributed by atoms with E-state index in [-0.39, 0.29) is 10.8 Å². The van der Waals surface area contributed by atoms with E-state index in [2.05, 4.69) is 10.0 Å². The number of fused-ring (bicyclic) bond motifs is 3. The van der Waals surface area contributed by atoms with Crippen LogP contribution in [0.4, 0.5) is 0 Å². The van der Waals surface area contributed by atoms with Crippen LogP contribution >= 0.6 is 34.8 Å². The molecule has 0 radical (unpaired) electrons. The Balaban J connectivity index is 0.000000271. The maximum absolute atomic E-state index is 13.2. The van der Waals surface area contributed by atoms with Crippen molar-refractivity contribution in [2.75, 3.05) is 26.7 Å². The minimum absolute atomic E-state index is 0.0106. The predicted molar refractivity (Wildman–Crippen MR) is 164 cm³/mol. The summed E-state index contributed by atoms with van der Waals surface area (Å²) in [5.41, 5.74) is 4.47. The molecule has 3 aromatic carbocycles. The van der Waals surface area contributed by atoms with Gasteiger partial charge in [0.05, 0.1) is 15.4 Å². The summed E-state index contributed by atoms with van der Waals surface area (Å²) in [6.07, 6.45) is 2.20. The number of nitrogens with one attached hydrogen (secondary N) is 2. The number of likely N-dealkylation sites (N-methyl/N-ethyl adjacent to an activating group) is 1. The first-order valence-corrected chi connectivity index (χ1v) is 15.5. The van der Waals surface area contributed by atoms with E-state index in [1.807, 2.05) is 46.7 Å². The maximum atomic E-state index is 13.2. The van der Waals surface area contributed by atoms with Gasteiger partial charge in [0.25, 0.3) is 5.91 Å². The van der Waals surface area contributed by atoms with Gasteiger partial charge in [-0.3, -0.25) is 9.59 Å². The van der Waals surface area contributed by atoms with Gasteiger partial charge in [0, 0.05) is 40.8 Å². The highest BCUT2D eigenvalue weighted by molar-refractivity contribution is 7.89. The van der Waals surface area contributed by atoms with Gasteiger partial charge in [0.1, 0.15) is 5.69 Å². The number of benzene rings is 3. The molecule has 1 aliphatic rings. The molecule has 12 heteroatoms. The first kappa shape index (κ1) is 30.9. The second-order valence-electron chi connectivity index (χ2n) is 9.23. The molecule has 0 bridgehead atoms. The summed E-state index contributed by atoms with van der Waals surface area (Å²) >= 11 is 18.5. The Morgan fingerprint density at radius 3 is 2.27 bits per heavy atom. The average molecular weight is 636 g/mol. The molecule has 0 saturated heterocycles. The minimum Gasteiger partial charge on any atom is -0.358 e. The van der Waals surface area contributed by atoms with Gasteiger partial charge in [0.15, 0.2) is 0 Å². The monoisotopic (exact) mass is 634 g/mol. The molecule has 0 atom stereocenters. The van der Waals surface area contributed by atoms with Crippen LogP contribution in [0.2, 0.25) is 15.1 Å². The molecule has 5 rings (SSSR count). The van der Waals surface area contributed by atoms with Crippen LogP contribution in [-0.2, 0) is 27.7 Å². The summed E-state index contributed by atoms with van der Waals surface area (Å²) < 4.78 is 26.5. The van der Waals surface area contributed by atoms with Crippen LogP contribution in [0.3, 0.4) is 0 Å². The normalized spacial score (nSPS) is 13.0. The average Bonchev–Trinajstić information content (AvgIpc) is 3.29. The number of halogens is 3. The van der Waals surface area contributed by atoms with Gasteiger partial charge in [-0.2, -0.15) is 0 Å². The molecular weight excluding hydrogens is 607 g/mol. The Bertz CT molecular complexity index is 1670. The van der Waals surface area contributed by atoms with E-state index < -0.39 is 10.0 Å². The van der Waals surface area contributed by atoms with Crippen molar-refractivity contribution in [2.24, 2.45) is 0 Å². The highest BCUT2D eigenvalue weighted by Gasteiger charge is 2.32. The Morgan fingerprint density at radius 2 is 1.66 bits per heavy atom. The number of hydrogen-bond donors (Lipinski definition) is 2. The molecule has 0 unspecified atom stereocenters. The standard InChI is InChI=1S/C22H21Cl2N3O2.C7H8ClNO2S/c1-2-26-10-8-17-20-18(24)11-15(23)12-19(20)27(21(17)22(26)29)16-5-3-14(4-6-16)7-9-25-13-28;1-9-12(10,11)7-4-2-6(8)3-5-7/h3-6,11-13H,2,7-10H2,1H3,(H,25,28);2-5,9H,1H3. The van der Waals surface area contributed by atoms with Gasteiger partial charge in [-0.05, 0) is 86.5 Å². The van der Waals surface area contributed by atoms with Crippen molar-refractivity contribution in [2.45, 2.75) is 24.7 Å². The van der Waals surface area contributed by atoms with E-state index in [0.717, 1.165) is 40.6 Å². The van der Waals surface area contributed by atoms with Crippen molar-refractivity contribution in [3.05, 3.63) is 92.6 Å². The molecule has 0 spiro atoms. The maximum Gasteiger partial charge on any atom is 0.271 e. The summed E-state index contributed by atoms with van der Waals surface area (Å²) in [7, 11) is -1.96. The molecule has 8 nitrogen and oxygen atoms in total. The number of aromatic nitrogens is 1. The fourth-order valence-electron chi connectivity index (χ4n) is 4.76. The van der Waals surface area contributed by atoms with Crippen LogP contribution in [-0.4, -0.2) is 56.9 Å². The SMILES string of the molecule is CCN1CCc2c(n(-c3ccc(CCNC=O)cc3)c3cc(Cl)cc(Cl)c23)C1=O.CNS(=O)(=O)c1ccc(Cl)cc1. The molecule has 0 fully saturated rings. The highest BCUT2D eigenvalue weighted by Crippen LogP contribution is 2.39. The van der Waals surface area contributed by atoms with Crippen LogP contribution in [0, 0.1) is 0 Å². The summed E-state index contributed by atoms with van der Waals surface area (Å²) in [4.78, 5) is 25.7. The lowest BCUT2D eigenvalue weighted by Crippen LogP contribution is -2.38. The lowest BCUT2D eigenvalue weighted by Gasteiger charge is -2.27.